The Labute approximate surface area is 218 Å². The van der Waals surface area contributed by atoms with Gasteiger partial charge in [-0.15, -0.1) is 0 Å². The molecule has 173 valence electrons. The molecule has 34 heavy (non-hydrogen) atoms. The second kappa shape index (κ2) is 13.7. The molecule has 0 spiro atoms. The van der Waals surface area contributed by atoms with Gasteiger partial charge in [0, 0.05) is 19.5 Å². The Balaban J connectivity index is 0.000000308. The minimum atomic E-state index is -1.22. The Kier molecular flexibility index (Phi) is 10.3. The molecule has 0 unspecified atom stereocenters. The molecule has 0 saturated heterocycles. The summed E-state index contributed by atoms with van der Waals surface area (Å²) in [6.45, 7) is 0. The number of allylic oxidation sites excluding steroid dienone is 4. The third-order valence-electron chi connectivity index (χ3n) is 6.53. The Hall–Kier alpha value is -2.95. The van der Waals surface area contributed by atoms with E-state index in [2.05, 4.69) is 146 Å². The number of hydrogen-bond donors (Lipinski definition) is 0. The van der Waals surface area contributed by atoms with E-state index in [1.165, 1.54) is 47.5 Å². The summed E-state index contributed by atoms with van der Waals surface area (Å²) in [6.07, 6.45) is 12.8. The fraction of sp³-hybridized carbons (Fsp3) is 0.125. The maximum Gasteiger partial charge on any atom is 0.108 e. The summed E-state index contributed by atoms with van der Waals surface area (Å²) in [5, 5.41) is 0. The first-order valence-corrected chi connectivity index (χ1v) is 12.1. The average molecular weight is 530 g/mol. The van der Waals surface area contributed by atoms with E-state index in [0.717, 1.165) is 0 Å². The van der Waals surface area contributed by atoms with Crippen molar-refractivity contribution >= 4 is 28.0 Å². The van der Waals surface area contributed by atoms with Gasteiger partial charge >= 0.3 is 0 Å². The topological polar surface area (TPSA) is 0 Å². The van der Waals surface area contributed by atoms with Gasteiger partial charge < -0.3 is 0 Å². The van der Waals surface area contributed by atoms with Crippen molar-refractivity contribution < 1.29 is 19.5 Å². The molecule has 4 aromatic carbocycles. The van der Waals surface area contributed by atoms with Gasteiger partial charge in [-0.3, -0.25) is 0 Å². The van der Waals surface area contributed by atoms with E-state index in [4.69, 9.17) is 0 Å². The van der Waals surface area contributed by atoms with Crippen molar-refractivity contribution in [3.8, 4) is 0 Å². The molecule has 1 radical (unpaired) electrons. The second-order valence-corrected chi connectivity index (χ2v) is 8.61. The van der Waals surface area contributed by atoms with Crippen molar-refractivity contribution in [3.63, 3.8) is 0 Å². The van der Waals surface area contributed by atoms with Crippen LogP contribution in [0, 0.1) is 0 Å². The van der Waals surface area contributed by atoms with Crippen molar-refractivity contribution in [2.75, 3.05) is 0 Å². The monoisotopic (exact) mass is 530 g/mol. The minimum Gasteiger partial charge on any atom is -0.195 e. The van der Waals surface area contributed by atoms with Gasteiger partial charge in [-0.1, -0.05) is 146 Å². The van der Waals surface area contributed by atoms with Crippen LogP contribution < -0.4 is 21.9 Å². The van der Waals surface area contributed by atoms with Crippen molar-refractivity contribution in [2.45, 2.75) is 25.7 Å². The molecule has 0 nitrogen and oxygen atoms in total. The molecule has 0 N–H and O–H groups in total. The maximum atomic E-state index is 2.27. The van der Waals surface area contributed by atoms with Crippen molar-refractivity contribution in [1.29, 1.82) is 0 Å². The molecule has 0 aliphatic heterocycles. The van der Waals surface area contributed by atoms with Crippen LogP contribution in [0.3, 0.4) is 0 Å². The third kappa shape index (κ3) is 6.13. The average Bonchev–Trinajstić information content (AvgIpc) is 2.87. The first-order valence-electron chi connectivity index (χ1n) is 12.1. The molecule has 1 aliphatic carbocycles. The molecule has 5 rings (SSSR count). The predicted molar refractivity (Wildman–Crippen MR) is 147 cm³/mol. The predicted octanol–water partition coefficient (Wildman–Crippen LogP) is 5.73. The molecule has 0 atom stereocenters. The molecule has 0 heterocycles. The largest absolute Gasteiger partial charge is 0.195 e. The fourth-order valence-electron chi connectivity index (χ4n) is 4.98. The van der Waals surface area contributed by atoms with Gasteiger partial charge in [-0.2, -0.15) is 21.9 Å². The van der Waals surface area contributed by atoms with Crippen LogP contribution in [0.2, 0.25) is 0 Å². The molecule has 0 saturated carbocycles. The van der Waals surface area contributed by atoms with E-state index in [-0.39, 0.29) is 19.5 Å². The Morgan fingerprint density at radius 2 is 0.529 bits per heavy atom. The summed E-state index contributed by atoms with van der Waals surface area (Å²) in [5.74, 6) is 0. The van der Waals surface area contributed by atoms with Crippen LogP contribution in [0.15, 0.2) is 146 Å². The van der Waals surface area contributed by atoms with E-state index in [0.29, 0.717) is 0 Å². The van der Waals surface area contributed by atoms with Gasteiger partial charge in [0.1, 0.15) is 6.15 Å². The normalized spacial score (nSPS) is 12.9. The van der Waals surface area contributed by atoms with E-state index >= 15 is 0 Å². The molecule has 0 fully saturated rings. The van der Waals surface area contributed by atoms with Crippen LogP contribution >= 0.6 is 0 Å². The zero-order chi connectivity index (χ0) is 22.6. The summed E-state index contributed by atoms with van der Waals surface area (Å²) in [6, 6.07) is 43.5. The standard InChI is InChI=1S/C24H20B.C8H12.Rh/c1-5-13-21(14-6-1)25(22-15-7-2-8-16-22,23-17-9-3-10-18-23)24-19-11-4-12-20-24;1-2-4-6-8-7-5-3-1;/h1-20H;1-2,7-8H,3-6H2;/q-1;;. The molecule has 0 aromatic heterocycles. The van der Waals surface area contributed by atoms with Crippen LogP contribution in [-0.4, -0.2) is 6.15 Å². The number of benzene rings is 4. The quantitative estimate of drug-likeness (QED) is 0.234. The van der Waals surface area contributed by atoms with Crippen molar-refractivity contribution in [1.82, 2.24) is 0 Å². The Bertz CT molecular complexity index is 947. The number of hydrogen-bond acceptors (Lipinski definition) is 0. The summed E-state index contributed by atoms with van der Waals surface area (Å²) >= 11 is 0. The van der Waals surface area contributed by atoms with Crippen LogP contribution in [0.1, 0.15) is 25.7 Å². The zero-order valence-corrected chi connectivity index (χ0v) is 21.2. The SMILES string of the molecule is C1=CCCC=CCC1.[Rh].c1ccc([B-](c2ccccc2)(c2ccccc2)c2ccccc2)cc1. The smallest absolute Gasteiger partial charge is 0.108 e. The van der Waals surface area contributed by atoms with E-state index < -0.39 is 6.15 Å². The maximum absolute atomic E-state index is 2.27. The van der Waals surface area contributed by atoms with Gasteiger partial charge in [0.15, 0.2) is 0 Å². The van der Waals surface area contributed by atoms with Crippen molar-refractivity contribution in [3.05, 3.63) is 146 Å². The van der Waals surface area contributed by atoms with E-state index in [1.807, 2.05) is 0 Å². The zero-order valence-electron chi connectivity index (χ0n) is 19.6. The molecule has 4 aromatic rings. The molecule has 0 amide bonds. The van der Waals surface area contributed by atoms with Gasteiger partial charge in [0.25, 0.3) is 0 Å². The van der Waals surface area contributed by atoms with Crippen LogP contribution in [0.4, 0.5) is 0 Å². The van der Waals surface area contributed by atoms with Gasteiger partial charge in [-0.05, 0) is 25.7 Å². The third-order valence-corrected chi connectivity index (χ3v) is 6.53. The molecule has 2 heteroatoms. The van der Waals surface area contributed by atoms with Gasteiger partial charge in [0.2, 0.25) is 0 Å². The molecular formula is C32H32BRh-. The van der Waals surface area contributed by atoms with Crippen LogP contribution in [-0.2, 0) is 19.5 Å². The second-order valence-electron chi connectivity index (χ2n) is 8.61. The summed E-state index contributed by atoms with van der Waals surface area (Å²) in [7, 11) is 0. The van der Waals surface area contributed by atoms with Crippen molar-refractivity contribution in [2.24, 2.45) is 0 Å². The number of rotatable bonds is 4. The molecule has 0 bridgehead atoms. The van der Waals surface area contributed by atoms with Crippen LogP contribution in [0.5, 0.6) is 0 Å². The van der Waals surface area contributed by atoms with Gasteiger partial charge in [-0.25, -0.2) is 0 Å². The summed E-state index contributed by atoms with van der Waals surface area (Å²) in [4.78, 5) is 0. The first kappa shape index (κ1) is 25.7. The summed E-state index contributed by atoms with van der Waals surface area (Å²) < 4.78 is 0. The van der Waals surface area contributed by atoms with E-state index in [1.54, 1.807) is 0 Å². The first-order chi connectivity index (χ1) is 16.4. The molecule has 1 aliphatic rings. The summed E-state index contributed by atoms with van der Waals surface area (Å²) in [5.41, 5.74) is 5.36. The fourth-order valence-corrected chi connectivity index (χ4v) is 4.98. The van der Waals surface area contributed by atoms with Crippen LogP contribution in [0.25, 0.3) is 0 Å². The van der Waals surface area contributed by atoms with Gasteiger partial charge in [0.05, 0.1) is 0 Å². The van der Waals surface area contributed by atoms with E-state index in [9.17, 15) is 0 Å². The Morgan fingerprint density at radius 3 is 0.735 bits per heavy atom. The minimum absolute atomic E-state index is 0. The molecular weight excluding hydrogens is 498 g/mol. The Morgan fingerprint density at radius 1 is 0.324 bits per heavy atom.